The number of nitrogens with one attached hydrogen (secondary N) is 1. The molecule has 1 atom stereocenters. The third-order valence-corrected chi connectivity index (χ3v) is 2.07. The molecule has 1 rings (SSSR count). The van der Waals surface area contributed by atoms with E-state index in [1.807, 2.05) is 13.8 Å². The molecule has 0 fully saturated rings. The average molecular weight is 209 g/mol. The number of amides is 1. The molecule has 1 heterocycles. The minimum atomic E-state index is -0.569. The molecule has 0 spiro atoms. The molecule has 0 bridgehead atoms. The van der Waals surface area contributed by atoms with Crippen LogP contribution in [0.5, 0.6) is 0 Å². The van der Waals surface area contributed by atoms with Crippen LogP contribution in [0.15, 0.2) is 6.20 Å². The number of nitrogen functional groups attached to an aromatic ring is 1. The lowest BCUT2D eigenvalue weighted by atomic mass is 10.2. The van der Waals surface area contributed by atoms with Crippen molar-refractivity contribution >= 4 is 17.7 Å². The Hall–Kier alpha value is -1.85. The van der Waals surface area contributed by atoms with Crippen molar-refractivity contribution in [2.45, 2.75) is 26.3 Å². The molecular formula is C9H15N5O. The molecule has 0 aromatic carbocycles. The van der Waals surface area contributed by atoms with Crippen molar-refractivity contribution in [1.82, 2.24) is 9.97 Å². The van der Waals surface area contributed by atoms with Gasteiger partial charge in [-0.05, 0) is 13.3 Å². The van der Waals surface area contributed by atoms with Gasteiger partial charge in [0.05, 0.1) is 5.56 Å². The molecule has 0 aliphatic heterocycles. The lowest BCUT2D eigenvalue weighted by Gasteiger charge is -2.14. The average Bonchev–Trinajstić information content (AvgIpc) is 2.17. The van der Waals surface area contributed by atoms with E-state index in [2.05, 4.69) is 15.3 Å². The van der Waals surface area contributed by atoms with Gasteiger partial charge in [0.25, 0.3) is 5.91 Å². The largest absolute Gasteiger partial charge is 0.368 e. The zero-order valence-corrected chi connectivity index (χ0v) is 8.82. The molecule has 0 saturated carbocycles. The first kappa shape index (κ1) is 11.2. The second-order valence-electron chi connectivity index (χ2n) is 3.31. The van der Waals surface area contributed by atoms with Crippen molar-refractivity contribution < 1.29 is 4.79 Å². The lowest BCUT2D eigenvalue weighted by Crippen LogP contribution is -2.21. The fourth-order valence-corrected chi connectivity index (χ4v) is 1.02. The number of nitrogens with zero attached hydrogens (tertiary/aromatic N) is 2. The van der Waals surface area contributed by atoms with E-state index >= 15 is 0 Å². The standard InChI is InChI=1S/C9H15N5O/c1-3-5(2)13-8-6(7(10)15)4-12-9(11)14-8/h4-5H,3H2,1-2H3,(H2,10,15)(H3,11,12,13,14)/t5-/m0/s1. The monoisotopic (exact) mass is 209 g/mol. The van der Waals surface area contributed by atoms with Crippen LogP contribution in [0.1, 0.15) is 30.6 Å². The van der Waals surface area contributed by atoms with Gasteiger partial charge in [-0.2, -0.15) is 4.98 Å². The van der Waals surface area contributed by atoms with Crippen LogP contribution >= 0.6 is 0 Å². The second-order valence-corrected chi connectivity index (χ2v) is 3.31. The molecular weight excluding hydrogens is 194 g/mol. The topological polar surface area (TPSA) is 107 Å². The molecule has 0 saturated heterocycles. The van der Waals surface area contributed by atoms with Crippen LogP contribution < -0.4 is 16.8 Å². The fourth-order valence-electron chi connectivity index (χ4n) is 1.02. The van der Waals surface area contributed by atoms with Crippen molar-refractivity contribution in [2.24, 2.45) is 5.73 Å². The maximum Gasteiger partial charge on any atom is 0.254 e. The van der Waals surface area contributed by atoms with Gasteiger partial charge in [-0.1, -0.05) is 6.92 Å². The summed E-state index contributed by atoms with van der Waals surface area (Å²) in [7, 11) is 0. The molecule has 1 amide bonds. The molecule has 82 valence electrons. The first-order chi connectivity index (χ1) is 7.04. The van der Waals surface area contributed by atoms with Crippen molar-refractivity contribution in [3.8, 4) is 0 Å². The van der Waals surface area contributed by atoms with E-state index in [1.165, 1.54) is 6.20 Å². The SMILES string of the molecule is CC[C@H](C)Nc1nc(N)ncc1C(N)=O. The molecule has 0 radical (unpaired) electrons. The highest BCUT2D eigenvalue weighted by molar-refractivity contribution is 5.97. The van der Waals surface area contributed by atoms with E-state index in [0.29, 0.717) is 5.82 Å². The van der Waals surface area contributed by atoms with Gasteiger partial charge in [0, 0.05) is 12.2 Å². The summed E-state index contributed by atoms with van der Waals surface area (Å²) in [4.78, 5) is 18.7. The Morgan fingerprint density at radius 2 is 2.33 bits per heavy atom. The minimum Gasteiger partial charge on any atom is -0.368 e. The maximum absolute atomic E-state index is 11.1. The van der Waals surface area contributed by atoms with E-state index in [0.717, 1.165) is 6.42 Å². The predicted octanol–water partition coefficient (Wildman–Crippen LogP) is 0.368. The van der Waals surface area contributed by atoms with Gasteiger partial charge in [0.1, 0.15) is 5.82 Å². The first-order valence-electron chi connectivity index (χ1n) is 4.73. The highest BCUT2D eigenvalue weighted by Gasteiger charge is 2.12. The number of hydrogen-bond donors (Lipinski definition) is 3. The summed E-state index contributed by atoms with van der Waals surface area (Å²) in [6, 6.07) is 0.192. The van der Waals surface area contributed by atoms with E-state index < -0.39 is 5.91 Å². The number of primary amides is 1. The molecule has 0 aliphatic rings. The van der Waals surface area contributed by atoms with Crippen LogP contribution in [0.25, 0.3) is 0 Å². The summed E-state index contributed by atoms with van der Waals surface area (Å²) >= 11 is 0. The Kier molecular flexibility index (Phi) is 3.43. The number of anilines is 2. The van der Waals surface area contributed by atoms with Crippen LogP contribution in [0.3, 0.4) is 0 Å². The van der Waals surface area contributed by atoms with Gasteiger partial charge in [-0.3, -0.25) is 4.79 Å². The number of rotatable bonds is 4. The number of aromatic nitrogens is 2. The second kappa shape index (κ2) is 4.59. The smallest absolute Gasteiger partial charge is 0.254 e. The molecule has 1 aromatic rings. The number of nitrogens with two attached hydrogens (primary N) is 2. The van der Waals surface area contributed by atoms with Crippen LogP contribution in [0, 0.1) is 0 Å². The number of hydrogen-bond acceptors (Lipinski definition) is 5. The predicted molar refractivity (Wildman–Crippen MR) is 58.3 cm³/mol. The van der Waals surface area contributed by atoms with E-state index in [9.17, 15) is 4.79 Å². The highest BCUT2D eigenvalue weighted by Crippen LogP contribution is 2.13. The first-order valence-corrected chi connectivity index (χ1v) is 4.73. The van der Waals surface area contributed by atoms with E-state index in [1.54, 1.807) is 0 Å². The Labute approximate surface area is 88.1 Å². The van der Waals surface area contributed by atoms with Crippen molar-refractivity contribution in [1.29, 1.82) is 0 Å². The number of carbonyl (C=O) groups is 1. The van der Waals surface area contributed by atoms with Gasteiger partial charge in [0.15, 0.2) is 0 Å². The normalized spacial score (nSPS) is 12.1. The fraction of sp³-hybridized carbons (Fsp3) is 0.444. The summed E-state index contributed by atoms with van der Waals surface area (Å²) in [6.07, 6.45) is 2.23. The zero-order valence-electron chi connectivity index (χ0n) is 8.82. The summed E-state index contributed by atoms with van der Waals surface area (Å²) in [5, 5.41) is 3.05. The third kappa shape index (κ3) is 2.80. The maximum atomic E-state index is 11.1. The van der Waals surface area contributed by atoms with E-state index in [-0.39, 0.29) is 17.6 Å². The Balaban J connectivity index is 3.02. The van der Waals surface area contributed by atoms with Gasteiger partial charge >= 0.3 is 0 Å². The summed E-state index contributed by atoms with van der Waals surface area (Å²) in [5.41, 5.74) is 10.9. The van der Waals surface area contributed by atoms with Gasteiger partial charge in [-0.15, -0.1) is 0 Å². The third-order valence-electron chi connectivity index (χ3n) is 2.07. The zero-order chi connectivity index (χ0) is 11.4. The Morgan fingerprint density at radius 1 is 1.67 bits per heavy atom. The van der Waals surface area contributed by atoms with Gasteiger partial charge in [0.2, 0.25) is 5.95 Å². The lowest BCUT2D eigenvalue weighted by molar-refractivity contribution is 0.100. The van der Waals surface area contributed by atoms with Crippen molar-refractivity contribution in [2.75, 3.05) is 11.1 Å². The van der Waals surface area contributed by atoms with Crippen molar-refractivity contribution in [3.05, 3.63) is 11.8 Å². The highest BCUT2D eigenvalue weighted by atomic mass is 16.1. The van der Waals surface area contributed by atoms with Crippen LogP contribution in [-0.2, 0) is 0 Å². The molecule has 6 nitrogen and oxygen atoms in total. The van der Waals surface area contributed by atoms with Crippen LogP contribution in [0.2, 0.25) is 0 Å². The molecule has 15 heavy (non-hydrogen) atoms. The van der Waals surface area contributed by atoms with Crippen molar-refractivity contribution in [3.63, 3.8) is 0 Å². The van der Waals surface area contributed by atoms with Gasteiger partial charge in [-0.25, -0.2) is 4.98 Å². The Bertz CT molecular complexity index is 366. The van der Waals surface area contributed by atoms with Crippen LogP contribution in [0.4, 0.5) is 11.8 Å². The summed E-state index contributed by atoms with van der Waals surface area (Å²) in [5.74, 6) is -0.0593. The van der Waals surface area contributed by atoms with E-state index in [4.69, 9.17) is 11.5 Å². The number of carbonyl (C=O) groups excluding carboxylic acids is 1. The molecule has 1 aromatic heterocycles. The molecule has 0 unspecified atom stereocenters. The quantitative estimate of drug-likeness (QED) is 0.664. The summed E-state index contributed by atoms with van der Waals surface area (Å²) in [6.45, 7) is 4.00. The Morgan fingerprint density at radius 3 is 2.87 bits per heavy atom. The molecule has 5 N–H and O–H groups in total. The molecule has 0 aliphatic carbocycles. The minimum absolute atomic E-state index is 0.116. The van der Waals surface area contributed by atoms with Gasteiger partial charge < -0.3 is 16.8 Å². The van der Waals surface area contributed by atoms with Crippen LogP contribution in [-0.4, -0.2) is 21.9 Å². The molecule has 6 heteroatoms. The summed E-state index contributed by atoms with van der Waals surface area (Å²) < 4.78 is 0.